The summed E-state index contributed by atoms with van der Waals surface area (Å²) in [5, 5.41) is 2.73. The molecule has 0 radical (unpaired) electrons. The maximum atomic E-state index is 11.8. The minimum absolute atomic E-state index is 0.0181. The van der Waals surface area contributed by atoms with Crippen molar-refractivity contribution >= 4 is 23.3 Å². The molecule has 1 aromatic carbocycles. The maximum Gasteiger partial charge on any atom is 0.306 e. The zero-order valence-corrected chi connectivity index (χ0v) is 12.5. The molecule has 0 atom stereocenters. The number of carbonyl (C=O) groups is 3. The van der Waals surface area contributed by atoms with Gasteiger partial charge in [0.15, 0.2) is 5.78 Å². The Balaban J connectivity index is 2.42. The first-order valence-corrected chi connectivity index (χ1v) is 6.58. The predicted molar refractivity (Wildman–Crippen MR) is 79.2 cm³/mol. The standard InChI is InChI=1S/C15H20N2O4/c1-11(18)12-4-6-13(7-5-12)16-14(19)10-17(2)9-8-15(20)21-3/h4-7H,8-10H2,1-3H3,(H,16,19). The summed E-state index contributed by atoms with van der Waals surface area (Å²) in [5.74, 6) is -0.504. The van der Waals surface area contributed by atoms with Crippen molar-refractivity contribution < 1.29 is 19.1 Å². The van der Waals surface area contributed by atoms with Gasteiger partial charge >= 0.3 is 5.97 Å². The lowest BCUT2D eigenvalue weighted by Gasteiger charge is -2.15. The van der Waals surface area contributed by atoms with Crippen LogP contribution in [0.2, 0.25) is 0 Å². The summed E-state index contributed by atoms with van der Waals surface area (Å²) < 4.78 is 4.54. The summed E-state index contributed by atoms with van der Waals surface area (Å²) in [6.07, 6.45) is 0.244. The van der Waals surface area contributed by atoms with Gasteiger partial charge < -0.3 is 10.1 Å². The van der Waals surface area contributed by atoms with Crippen molar-refractivity contribution in [3.05, 3.63) is 29.8 Å². The first kappa shape index (κ1) is 16.8. The van der Waals surface area contributed by atoms with Crippen LogP contribution in [-0.2, 0) is 14.3 Å². The minimum Gasteiger partial charge on any atom is -0.469 e. The number of nitrogens with zero attached hydrogens (tertiary/aromatic N) is 1. The van der Waals surface area contributed by atoms with Gasteiger partial charge in [-0.05, 0) is 38.2 Å². The van der Waals surface area contributed by atoms with E-state index in [1.807, 2.05) is 0 Å². The molecule has 1 rings (SSSR count). The van der Waals surface area contributed by atoms with Gasteiger partial charge in [0.2, 0.25) is 5.91 Å². The molecule has 1 N–H and O–H groups in total. The Labute approximate surface area is 124 Å². The number of hydrogen-bond acceptors (Lipinski definition) is 5. The third-order valence-electron chi connectivity index (χ3n) is 2.91. The number of methoxy groups -OCH3 is 1. The van der Waals surface area contributed by atoms with Crippen LogP contribution in [0.4, 0.5) is 5.69 Å². The molecule has 1 aromatic rings. The smallest absolute Gasteiger partial charge is 0.306 e. The highest BCUT2D eigenvalue weighted by Crippen LogP contribution is 2.10. The van der Waals surface area contributed by atoms with Crippen molar-refractivity contribution in [3.63, 3.8) is 0 Å². The molecule has 114 valence electrons. The molecule has 0 aliphatic rings. The molecule has 0 heterocycles. The number of rotatable bonds is 7. The van der Waals surface area contributed by atoms with Crippen LogP contribution in [-0.4, -0.2) is 49.8 Å². The number of carbonyl (C=O) groups excluding carboxylic acids is 3. The van der Waals surface area contributed by atoms with E-state index in [1.54, 1.807) is 36.2 Å². The number of anilines is 1. The largest absolute Gasteiger partial charge is 0.469 e. The van der Waals surface area contributed by atoms with Crippen LogP contribution in [0, 0.1) is 0 Å². The zero-order valence-electron chi connectivity index (χ0n) is 12.5. The van der Waals surface area contributed by atoms with Gasteiger partial charge in [-0.15, -0.1) is 0 Å². The fourth-order valence-corrected chi connectivity index (χ4v) is 1.70. The summed E-state index contributed by atoms with van der Waals surface area (Å²) in [6.45, 7) is 2.11. The van der Waals surface area contributed by atoms with E-state index in [0.717, 1.165) is 0 Å². The Hall–Kier alpha value is -2.21. The Morgan fingerprint density at radius 3 is 2.33 bits per heavy atom. The molecule has 0 saturated carbocycles. The summed E-state index contributed by atoms with van der Waals surface area (Å²) in [7, 11) is 3.08. The van der Waals surface area contributed by atoms with Crippen LogP contribution in [0.25, 0.3) is 0 Å². The van der Waals surface area contributed by atoms with E-state index in [0.29, 0.717) is 17.8 Å². The van der Waals surface area contributed by atoms with Crippen molar-refractivity contribution in [3.8, 4) is 0 Å². The van der Waals surface area contributed by atoms with Crippen LogP contribution in [0.3, 0.4) is 0 Å². The Morgan fingerprint density at radius 2 is 1.81 bits per heavy atom. The lowest BCUT2D eigenvalue weighted by Crippen LogP contribution is -2.31. The lowest BCUT2D eigenvalue weighted by atomic mass is 10.1. The van der Waals surface area contributed by atoms with Crippen LogP contribution in [0.5, 0.6) is 0 Å². The van der Waals surface area contributed by atoms with Crippen LogP contribution in [0.15, 0.2) is 24.3 Å². The molecule has 0 saturated heterocycles. The predicted octanol–water partition coefficient (Wildman–Crippen LogP) is 1.32. The SMILES string of the molecule is COC(=O)CCN(C)CC(=O)Nc1ccc(C(C)=O)cc1. The molecule has 6 nitrogen and oxygen atoms in total. The maximum absolute atomic E-state index is 11.8. The fourth-order valence-electron chi connectivity index (χ4n) is 1.70. The van der Waals surface area contributed by atoms with E-state index in [-0.39, 0.29) is 30.6 Å². The molecule has 0 aliphatic heterocycles. The second kappa shape index (κ2) is 8.16. The number of nitrogens with one attached hydrogen (secondary N) is 1. The number of amides is 1. The average molecular weight is 292 g/mol. The summed E-state index contributed by atoms with van der Waals surface area (Å²) in [4.78, 5) is 35.7. The van der Waals surface area contributed by atoms with Gasteiger partial charge in [0.25, 0.3) is 0 Å². The van der Waals surface area contributed by atoms with Gasteiger partial charge in [-0.3, -0.25) is 19.3 Å². The number of esters is 1. The Morgan fingerprint density at radius 1 is 1.19 bits per heavy atom. The Kier molecular flexibility index (Phi) is 6.55. The molecule has 0 unspecified atom stereocenters. The van der Waals surface area contributed by atoms with Gasteiger partial charge in [0, 0.05) is 17.8 Å². The first-order chi connectivity index (χ1) is 9.92. The summed E-state index contributed by atoms with van der Waals surface area (Å²) >= 11 is 0. The molecule has 6 heteroatoms. The average Bonchev–Trinajstić information content (AvgIpc) is 2.45. The summed E-state index contributed by atoms with van der Waals surface area (Å²) in [6, 6.07) is 6.70. The monoisotopic (exact) mass is 292 g/mol. The number of hydrogen-bond donors (Lipinski definition) is 1. The van der Waals surface area contributed by atoms with E-state index in [2.05, 4.69) is 10.1 Å². The van der Waals surface area contributed by atoms with Gasteiger partial charge in [0.05, 0.1) is 20.1 Å². The third kappa shape index (κ3) is 6.18. The number of likely N-dealkylation sites (N-methyl/N-ethyl adjacent to an activating group) is 1. The highest BCUT2D eigenvalue weighted by Gasteiger charge is 2.09. The van der Waals surface area contributed by atoms with Crippen molar-refractivity contribution in [1.82, 2.24) is 4.90 Å². The van der Waals surface area contributed by atoms with Crippen LogP contribution < -0.4 is 5.32 Å². The molecule has 0 aromatic heterocycles. The minimum atomic E-state index is -0.304. The molecule has 0 aliphatic carbocycles. The molecule has 0 bridgehead atoms. The Bertz CT molecular complexity index is 511. The molecule has 0 fully saturated rings. The number of benzene rings is 1. The quantitative estimate of drug-likeness (QED) is 0.606. The molecule has 0 spiro atoms. The zero-order chi connectivity index (χ0) is 15.8. The van der Waals surface area contributed by atoms with Gasteiger partial charge in [0.1, 0.15) is 0 Å². The summed E-state index contributed by atoms with van der Waals surface area (Å²) in [5.41, 5.74) is 1.23. The van der Waals surface area contributed by atoms with E-state index >= 15 is 0 Å². The van der Waals surface area contributed by atoms with E-state index in [1.165, 1.54) is 14.0 Å². The normalized spacial score (nSPS) is 10.3. The second-order valence-electron chi connectivity index (χ2n) is 4.75. The van der Waals surface area contributed by atoms with Crippen molar-refractivity contribution in [1.29, 1.82) is 0 Å². The topological polar surface area (TPSA) is 75.7 Å². The van der Waals surface area contributed by atoms with Crippen molar-refractivity contribution in [2.24, 2.45) is 0 Å². The van der Waals surface area contributed by atoms with E-state index < -0.39 is 0 Å². The number of ketones is 1. The molecule has 1 amide bonds. The first-order valence-electron chi connectivity index (χ1n) is 6.58. The molecular formula is C15H20N2O4. The second-order valence-corrected chi connectivity index (χ2v) is 4.75. The highest BCUT2D eigenvalue weighted by atomic mass is 16.5. The van der Waals surface area contributed by atoms with E-state index in [4.69, 9.17) is 0 Å². The van der Waals surface area contributed by atoms with Crippen LogP contribution >= 0.6 is 0 Å². The lowest BCUT2D eigenvalue weighted by molar-refractivity contribution is -0.141. The van der Waals surface area contributed by atoms with Crippen LogP contribution in [0.1, 0.15) is 23.7 Å². The fraction of sp³-hybridized carbons (Fsp3) is 0.400. The number of ether oxygens (including phenoxy) is 1. The molecule has 21 heavy (non-hydrogen) atoms. The van der Waals surface area contributed by atoms with Crippen molar-refractivity contribution in [2.45, 2.75) is 13.3 Å². The highest BCUT2D eigenvalue weighted by molar-refractivity contribution is 5.96. The number of Topliss-reactive ketones (excluding diaryl/α,β-unsaturated/α-hetero) is 1. The molecular weight excluding hydrogens is 272 g/mol. The van der Waals surface area contributed by atoms with Gasteiger partial charge in [-0.2, -0.15) is 0 Å². The van der Waals surface area contributed by atoms with Gasteiger partial charge in [-0.25, -0.2) is 0 Å². The third-order valence-corrected chi connectivity index (χ3v) is 2.91. The van der Waals surface area contributed by atoms with E-state index in [9.17, 15) is 14.4 Å². The van der Waals surface area contributed by atoms with Gasteiger partial charge in [-0.1, -0.05) is 0 Å². The van der Waals surface area contributed by atoms with Crippen molar-refractivity contribution in [2.75, 3.05) is 32.6 Å².